The molecule has 1 atom stereocenters. The van der Waals surface area contributed by atoms with Gasteiger partial charge in [-0.3, -0.25) is 0 Å². The van der Waals surface area contributed by atoms with Gasteiger partial charge in [0.05, 0.1) is 6.04 Å². The first-order chi connectivity index (χ1) is 5.07. The fourth-order valence-corrected chi connectivity index (χ4v) is 0.335. The largest absolute Gasteiger partial charge is 0.492 e. The van der Waals surface area contributed by atoms with E-state index < -0.39 is 0 Å². The Morgan fingerprint density at radius 1 is 1.45 bits per heavy atom. The maximum atomic E-state index is 9.09. The summed E-state index contributed by atoms with van der Waals surface area (Å²) in [5, 5.41) is 16.6. The Hall–Kier alpha value is -0.860. The maximum Gasteiger partial charge on any atom is 0.229 e. The number of allylic oxidation sites excluding steroid dienone is 1. The molecule has 1 N–H and O–H groups in total. The molecule has 0 aliphatic heterocycles. The number of azo groups is 1. The Kier molecular flexibility index (Phi) is 4.50. The number of nitrogens with zero attached hydrogens (tertiary/aromatic N) is 2. The molecule has 11 heavy (non-hydrogen) atoms. The summed E-state index contributed by atoms with van der Waals surface area (Å²) in [4.78, 5) is 0. The lowest BCUT2D eigenvalue weighted by Gasteiger charge is -1.98. The number of aliphatic hydroxyl groups excluding tert-OH is 1. The predicted molar refractivity (Wildman–Crippen MR) is 45.6 cm³/mol. The van der Waals surface area contributed by atoms with Crippen molar-refractivity contribution in [1.29, 1.82) is 0 Å². The minimum absolute atomic E-state index is 0.0327. The monoisotopic (exact) mass is 156 g/mol. The van der Waals surface area contributed by atoms with Crippen LogP contribution in [-0.2, 0) is 0 Å². The molecule has 0 aromatic carbocycles. The van der Waals surface area contributed by atoms with Crippen LogP contribution in [0.1, 0.15) is 34.1 Å². The first-order valence-corrected chi connectivity index (χ1v) is 3.85. The summed E-state index contributed by atoms with van der Waals surface area (Å²) in [6.07, 6.45) is 0.944. The van der Waals surface area contributed by atoms with Crippen LogP contribution < -0.4 is 0 Å². The maximum absolute atomic E-state index is 9.09. The van der Waals surface area contributed by atoms with E-state index in [1.165, 1.54) is 0 Å². The van der Waals surface area contributed by atoms with Crippen molar-refractivity contribution >= 4 is 0 Å². The molecule has 0 radical (unpaired) electrons. The van der Waals surface area contributed by atoms with Crippen LogP contribution in [0, 0.1) is 0 Å². The average molecular weight is 156 g/mol. The minimum atomic E-state index is 0.0327. The van der Waals surface area contributed by atoms with E-state index in [1.807, 2.05) is 13.8 Å². The van der Waals surface area contributed by atoms with Gasteiger partial charge in [-0.2, -0.15) is 5.11 Å². The van der Waals surface area contributed by atoms with Crippen LogP contribution in [0.2, 0.25) is 0 Å². The van der Waals surface area contributed by atoms with E-state index in [-0.39, 0.29) is 11.9 Å². The molecule has 0 aliphatic carbocycles. The highest BCUT2D eigenvalue weighted by atomic mass is 16.3. The summed E-state index contributed by atoms with van der Waals surface area (Å²) in [5.74, 6) is 0.0327. The number of hydrogen-bond donors (Lipinski definition) is 1. The van der Waals surface area contributed by atoms with E-state index in [2.05, 4.69) is 10.2 Å². The molecule has 0 saturated heterocycles. The van der Waals surface area contributed by atoms with Crippen molar-refractivity contribution in [2.75, 3.05) is 0 Å². The Balaban J connectivity index is 4.03. The minimum Gasteiger partial charge on any atom is -0.492 e. The fraction of sp³-hybridized carbons (Fsp3) is 0.750. The highest BCUT2D eigenvalue weighted by Gasteiger charge is 1.95. The summed E-state index contributed by atoms with van der Waals surface area (Å²) in [6, 6.07) is 0.191. The molecule has 0 aromatic heterocycles. The molecule has 0 amide bonds. The molecule has 64 valence electrons. The zero-order valence-corrected chi connectivity index (χ0v) is 7.63. The van der Waals surface area contributed by atoms with Gasteiger partial charge in [0.1, 0.15) is 0 Å². The van der Waals surface area contributed by atoms with Crippen molar-refractivity contribution < 1.29 is 5.11 Å². The fourth-order valence-electron chi connectivity index (χ4n) is 0.335. The number of hydrogen-bond acceptors (Lipinski definition) is 3. The van der Waals surface area contributed by atoms with Gasteiger partial charge >= 0.3 is 0 Å². The second kappa shape index (κ2) is 4.88. The van der Waals surface area contributed by atoms with Crippen molar-refractivity contribution in [3.05, 3.63) is 11.5 Å². The molecule has 3 nitrogen and oxygen atoms in total. The van der Waals surface area contributed by atoms with Gasteiger partial charge in [0.2, 0.25) is 5.88 Å². The van der Waals surface area contributed by atoms with Crippen LogP contribution in [0.25, 0.3) is 0 Å². The molecule has 0 aromatic rings. The highest BCUT2D eigenvalue weighted by molar-refractivity contribution is 4.97. The van der Waals surface area contributed by atoms with Crippen LogP contribution in [0.5, 0.6) is 0 Å². The predicted octanol–water partition coefficient (Wildman–Crippen LogP) is 3.05. The van der Waals surface area contributed by atoms with E-state index in [4.69, 9.17) is 5.11 Å². The van der Waals surface area contributed by atoms with Crippen molar-refractivity contribution in [2.45, 2.75) is 40.2 Å². The zero-order valence-electron chi connectivity index (χ0n) is 7.63. The lowest BCUT2D eigenvalue weighted by atomic mass is 10.3. The summed E-state index contributed by atoms with van der Waals surface area (Å²) in [7, 11) is 0. The molecule has 0 aliphatic rings. The molecular weight excluding hydrogens is 140 g/mol. The summed E-state index contributed by atoms with van der Waals surface area (Å²) < 4.78 is 0. The summed E-state index contributed by atoms with van der Waals surface area (Å²) in [6.45, 7) is 7.58. The van der Waals surface area contributed by atoms with Crippen molar-refractivity contribution in [1.82, 2.24) is 0 Å². The molecular formula is C8H16N2O. The van der Waals surface area contributed by atoms with E-state index in [0.29, 0.717) is 0 Å². The smallest absolute Gasteiger partial charge is 0.229 e. The number of rotatable bonds is 3. The molecule has 1 unspecified atom stereocenters. The van der Waals surface area contributed by atoms with E-state index in [1.54, 1.807) is 13.8 Å². The summed E-state index contributed by atoms with van der Waals surface area (Å²) in [5.41, 5.74) is 0.789. The normalized spacial score (nSPS) is 13.5. The van der Waals surface area contributed by atoms with Crippen LogP contribution in [0.3, 0.4) is 0 Å². The topological polar surface area (TPSA) is 45.0 Å². The van der Waals surface area contributed by atoms with E-state index >= 15 is 0 Å². The van der Waals surface area contributed by atoms with Gasteiger partial charge < -0.3 is 5.11 Å². The molecule has 0 heterocycles. The van der Waals surface area contributed by atoms with Gasteiger partial charge in [0.15, 0.2) is 0 Å². The number of aliphatic hydroxyl groups is 1. The van der Waals surface area contributed by atoms with Crippen LogP contribution in [-0.4, -0.2) is 11.1 Å². The average Bonchev–Trinajstić information content (AvgIpc) is 1.99. The quantitative estimate of drug-likeness (QED) is 0.495. The Bertz CT molecular complexity index is 169. The van der Waals surface area contributed by atoms with Gasteiger partial charge in [-0.25, -0.2) is 0 Å². The lowest BCUT2D eigenvalue weighted by Crippen LogP contribution is -1.92. The van der Waals surface area contributed by atoms with Gasteiger partial charge in [0.25, 0.3) is 0 Å². The molecule has 3 heteroatoms. The van der Waals surface area contributed by atoms with E-state index in [9.17, 15) is 0 Å². The lowest BCUT2D eigenvalue weighted by molar-refractivity contribution is 0.387. The van der Waals surface area contributed by atoms with Crippen LogP contribution in [0.15, 0.2) is 21.7 Å². The standard InChI is InChI=1S/C8H16N2O/c1-5-7(4)9-10-8(11)6(2)3/h7,11H,5H2,1-4H3. The van der Waals surface area contributed by atoms with Crippen molar-refractivity contribution in [3.63, 3.8) is 0 Å². The first kappa shape index (κ1) is 10.1. The highest BCUT2D eigenvalue weighted by Crippen LogP contribution is 2.03. The molecule has 0 spiro atoms. The molecule has 0 rings (SSSR count). The zero-order chi connectivity index (χ0) is 8.85. The van der Waals surface area contributed by atoms with Gasteiger partial charge in [0, 0.05) is 0 Å². The summed E-state index contributed by atoms with van der Waals surface area (Å²) >= 11 is 0. The first-order valence-electron chi connectivity index (χ1n) is 3.85. The second-order valence-electron chi connectivity index (χ2n) is 2.80. The third kappa shape index (κ3) is 4.53. The third-order valence-electron chi connectivity index (χ3n) is 1.39. The van der Waals surface area contributed by atoms with Crippen LogP contribution >= 0.6 is 0 Å². The Morgan fingerprint density at radius 3 is 2.36 bits per heavy atom. The molecule has 0 fully saturated rings. The van der Waals surface area contributed by atoms with Crippen molar-refractivity contribution in [3.8, 4) is 0 Å². The Morgan fingerprint density at radius 2 is 2.00 bits per heavy atom. The second-order valence-corrected chi connectivity index (χ2v) is 2.80. The van der Waals surface area contributed by atoms with Gasteiger partial charge in [-0.15, -0.1) is 5.11 Å². The van der Waals surface area contributed by atoms with Gasteiger partial charge in [-0.05, 0) is 32.8 Å². The third-order valence-corrected chi connectivity index (χ3v) is 1.39. The Labute approximate surface area is 67.8 Å². The SMILES string of the molecule is CCC(C)N=NC(O)=C(C)C. The molecule has 0 saturated carbocycles. The van der Waals surface area contributed by atoms with E-state index in [0.717, 1.165) is 12.0 Å². The van der Waals surface area contributed by atoms with Gasteiger partial charge in [-0.1, -0.05) is 6.92 Å². The van der Waals surface area contributed by atoms with Crippen LogP contribution in [0.4, 0.5) is 0 Å². The molecule has 0 bridgehead atoms. The van der Waals surface area contributed by atoms with Crippen molar-refractivity contribution in [2.24, 2.45) is 10.2 Å².